The van der Waals surface area contributed by atoms with Crippen LogP contribution in [0.1, 0.15) is 46.2 Å². The maximum Gasteiger partial charge on any atom is 0.255 e. The van der Waals surface area contributed by atoms with E-state index in [-0.39, 0.29) is 11.8 Å². The first-order chi connectivity index (χ1) is 17.1. The summed E-state index contributed by atoms with van der Waals surface area (Å²) in [7, 11) is 0. The van der Waals surface area contributed by atoms with Crippen LogP contribution in [0.25, 0.3) is 11.3 Å². The quantitative estimate of drug-likeness (QED) is 0.419. The molecule has 3 aromatic heterocycles. The standard InChI is InChI=1S/C27H26N6O2/c1-18-6-3-4-8-24(18)35-25-12-19(2)31-26(32-25)21-7-5-11-33(16-21)27(34)20-9-10-23(30-15-20)22-13-28-17-29-14-22/h3-4,6,8-10,12-15,17,21H,5,7,11,16H2,1-2H3. The Morgan fingerprint density at radius 2 is 1.86 bits per heavy atom. The molecule has 1 amide bonds. The van der Waals surface area contributed by atoms with Gasteiger partial charge in [0.05, 0.1) is 11.3 Å². The number of carbonyl (C=O) groups is 1. The van der Waals surface area contributed by atoms with Crippen LogP contribution in [-0.4, -0.2) is 48.8 Å². The van der Waals surface area contributed by atoms with Crippen molar-refractivity contribution in [2.45, 2.75) is 32.6 Å². The second kappa shape index (κ2) is 9.97. The third-order valence-electron chi connectivity index (χ3n) is 6.10. The highest BCUT2D eigenvalue weighted by Crippen LogP contribution is 2.29. The number of hydrogen-bond acceptors (Lipinski definition) is 7. The molecule has 176 valence electrons. The number of piperidine rings is 1. The predicted molar refractivity (Wildman–Crippen MR) is 131 cm³/mol. The van der Waals surface area contributed by atoms with Crippen molar-refractivity contribution in [3.63, 3.8) is 0 Å². The summed E-state index contributed by atoms with van der Waals surface area (Å²) in [6.45, 7) is 5.19. The zero-order valence-electron chi connectivity index (χ0n) is 19.8. The molecule has 1 aromatic carbocycles. The molecule has 5 rings (SSSR count). The third kappa shape index (κ3) is 5.16. The van der Waals surface area contributed by atoms with Gasteiger partial charge in [-0.2, -0.15) is 4.98 Å². The Morgan fingerprint density at radius 3 is 2.63 bits per heavy atom. The summed E-state index contributed by atoms with van der Waals surface area (Å²) in [5.74, 6) is 2.01. The topological polar surface area (TPSA) is 94.0 Å². The Bertz CT molecular complexity index is 1330. The van der Waals surface area contributed by atoms with Crippen LogP contribution in [0.5, 0.6) is 11.6 Å². The summed E-state index contributed by atoms with van der Waals surface area (Å²) in [6, 6.07) is 13.3. The van der Waals surface area contributed by atoms with Crippen LogP contribution in [0, 0.1) is 13.8 Å². The van der Waals surface area contributed by atoms with E-state index in [0.717, 1.165) is 41.1 Å². The van der Waals surface area contributed by atoms with Gasteiger partial charge in [-0.15, -0.1) is 0 Å². The summed E-state index contributed by atoms with van der Waals surface area (Å²) in [6.07, 6.45) is 8.29. The van der Waals surface area contributed by atoms with Crippen LogP contribution in [0.3, 0.4) is 0 Å². The summed E-state index contributed by atoms with van der Waals surface area (Å²) < 4.78 is 6.06. The molecule has 0 aliphatic carbocycles. The van der Waals surface area contributed by atoms with Crippen LogP contribution < -0.4 is 4.74 Å². The number of para-hydroxylation sites is 1. The minimum Gasteiger partial charge on any atom is -0.439 e. The molecule has 4 heterocycles. The van der Waals surface area contributed by atoms with Crippen molar-refractivity contribution in [1.29, 1.82) is 0 Å². The number of pyridine rings is 1. The molecule has 1 unspecified atom stereocenters. The molecule has 0 radical (unpaired) electrons. The van der Waals surface area contributed by atoms with Gasteiger partial charge in [0.2, 0.25) is 5.88 Å². The molecular formula is C27H26N6O2. The molecular weight excluding hydrogens is 440 g/mol. The van der Waals surface area contributed by atoms with Crippen LogP contribution >= 0.6 is 0 Å². The average Bonchev–Trinajstić information content (AvgIpc) is 2.90. The van der Waals surface area contributed by atoms with E-state index in [1.165, 1.54) is 6.33 Å². The molecule has 1 aliphatic rings. The number of amides is 1. The Balaban J connectivity index is 1.31. The van der Waals surface area contributed by atoms with Gasteiger partial charge in [0.25, 0.3) is 5.91 Å². The third-order valence-corrected chi connectivity index (χ3v) is 6.10. The minimum absolute atomic E-state index is 0.0397. The van der Waals surface area contributed by atoms with Crippen LogP contribution in [0.2, 0.25) is 0 Å². The van der Waals surface area contributed by atoms with Crippen molar-refractivity contribution in [2.24, 2.45) is 0 Å². The molecule has 1 saturated heterocycles. The van der Waals surface area contributed by atoms with E-state index in [4.69, 9.17) is 9.72 Å². The number of rotatable bonds is 5. The summed E-state index contributed by atoms with van der Waals surface area (Å²) in [5, 5.41) is 0. The fourth-order valence-electron chi connectivity index (χ4n) is 4.26. The van der Waals surface area contributed by atoms with Crippen molar-refractivity contribution in [3.8, 4) is 22.9 Å². The average molecular weight is 467 g/mol. The van der Waals surface area contributed by atoms with Gasteiger partial charge >= 0.3 is 0 Å². The second-order valence-corrected chi connectivity index (χ2v) is 8.72. The van der Waals surface area contributed by atoms with E-state index in [2.05, 4.69) is 19.9 Å². The lowest BCUT2D eigenvalue weighted by molar-refractivity contribution is 0.0704. The van der Waals surface area contributed by atoms with Crippen molar-refractivity contribution in [1.82, 2.24) is 29.8 Å². The molecule has 1 aliphatic heterocycles. The van der Waals surface area contributed by atoms with Gasteiger partial charge in [0.15, 0.2) is 0 Å². The van der Waals surface area contributed by atoms with Crippen molar-refractivity contribution >= 4 is 5.91 Å². The van der Waals surface area contributed by atoms with E-state index in [1.807, 2.05) is 55.1 Å². The maximum absolute atomic E-state index is 13.2. The molecule has 35 heavy (non-hydrogen) atoms. The summed E-state index contributed by atoms with van der Waals surface area (Å²) in [4.78, 5) is 37.0. The molecule has 0 N–H and O–H groups in total. The number of likely N-dealkylation sites (tertiary alicyclic amines) is 1. The summed E-state index contributed by atoms with van der Waals surface area (Å²) in [5.41, 5.74) is 3.98. The first kappa shape index (κ1) is 22.6. The number of nitrogens with zero attached hydrogens (tertiary/aromatic N) is 6. The molecule has 8 heteroatoms. The minimum atomic E-state index is -0.0397. The molecule has 0 spiro atoms. The highest BCUT2D eigenvalue weighted by Gasteiger charge is 2.28. The number of aromatic nitrogens is 5. The van der Waals surface area contributed by atoms with Gasteiger partial charge in [-0.1, -0.05) is 18.2 Å². The summed E-state index contributed by atoms with van der Waals surface area (Å²) >= 11 is 0. The molecule has 0 saturated carbocycles. The first-order valence-corrected chi connectivity index (χ1v) is 11.7. The van der Waals surface area contributed by atoms with E-state index in [9.17, 15) is 4.79 Å². The van der Waals surface area contributed by atoms with E-state index >= 15 is 0 Å². The fraction of sp³-hybridized carbons (Fsp3) is 0.259. The normalized spacial score (nSPS) is 15.6. The smallest absolute Gasteiger partial charge is 0.255 e. The second-order valence-electron chi connectivity index (χ2n) is 8.72. The van der Waals surface area contributed by atoms with Crippen molar-refractivity contribution in [3.05, 3.63) is 90.0 Å². The monoisotopic (exact) mass is 466 g/mol. The first-order valence-electron chi connectivity index (χ1n) is 11.7. The lowest BCUT2D eigenvalue weighted by atomic mass is 9.96. The Morgan fingerprint density at radius 1 is 1.03 bits per heavy atom. The van der Waals surface area contributed by atoms with Gasteiger partial charge in [-0.05, 0) is 50.5 Å². The van der Waals surface area contributed by atoms with Crippen LogP contribution in [0.15, 0.2) is 67.4 Å². The van der Waals surface area contributed by atoms with Gasteiger partial charge in [-0.3, -0.25) is 9.78 Å². The van der Waals surface area contributed by atoms with Crippen molar-refractivity contribution < 1.29 is 9.53 Å². The predicted octanol–water partition coefficient (Wildman–Crippen LogP) is 4.76. The number of benzene rings is 1. The zero-order valence-corrected chi connectivity index (χ0v) is 19.8. The highest BCUT2D eigenvalue weighted by atomic mass is 16.5. The molecule has 1 fully saturated rings. The van der Waals surface area contributed by atoms with Gasteiger partial charge in [0.1, 0.15) is 17.9 Å². The molecule has 0 bridgehead atoms. The Hall–Kier alpha value is -4.20. The fourth-order valence-corrected chi connectivity index (χ4v) is 4.26. The number of aryl methyl sites for hydroxylation is 2. The Labute approximate surface area is 204 Å². The molecule has 4 aromatic rings. The Kier molecular flexibility index (Phi) is 6.43. The van der Waals surface area contributed by atoms with Gasteiger partial charge in [-0.25, -0.2) is 15.0 Å². The zero-order chi connectivity index (χ0) is 24.2. The lowest BCUT2D eigenvalue weighted by Gasteiger charge is -2.32. The van der Waals surface area contributed by atoms with Gasteiger partial charge in [0, 0.05) is 54.9 Å². The van der Waals surface area contributed by atoms with E-state index < -0.39 is 0 Å². The SMILES string of the molecule is Cc1cc(Oc2ccccc2C)nc(C2CCCN(C(=O)c3ccc(-c4cncnc4)nc3)C2)n1. The van der Waals surface area contributed by atoms with Crippen LogP contribution in [0.4, 0.5) is 0 Å². The van der Waals surface area contributed by atoms with Crippen molar-refractivity contribution in [2.75, 3.05) is 13.1 Å². The number of hydrogen-bond donors (Lipinski definition) is 0. The molecule has 8 nitrogen and oxygen atoms in total. The maximum atomic E-state index is 13.2. The van der Waals surface area contributed by atoms with E-state index in [0.29, 0.717) is 30.4 Å². The van der Waals surface area contributed by atoms with Crippen LogP contribution in [-0.2, 0) is 0 Å². The van der Waals surface area contributed by atoms with Gasteiger partial charge < -0.3 is 9.64 Å². The van der Waals surface area contributed by atoms with E-state index in [1.54, 1.807) is 24.7 Å². The number of ether oxygens (including phenoxy) is 1. The highest BCUT2D eigenvalue weighted by molar-refractivity contribution is 5.94. The largest absolute Gasteiger partial charge is 0.439 e. The molecule has 1 atom stereocenters. The lowest BCUT2D eigenvalue weighted by Crippen LogP contribution is -2.39. The number of carbonyl (C=O) groups excluding carboxylic acids is 1.